The number of aryl methyl sites for hydroxylation is 1. The van der Waals surface area contributed by atoms with Gasteiger partial charge in [-0.15, -0.1) is 0 Å². The zero-order valence-corrected chi connectivity index (χ0v) is 17.2. The van der Waals surface area contributed by atoms with Gasteiger partial charge in [0.2, 0.25) is 0 Å². The summed E-state index contributed by atoms with van der Waals surface area (Å²) in [6.07, 6.45) is 7.79. The van der Waals surface area contributed by atoms with Crippen molar-refractivity contribution in [2.75, 3.05) is 14.2 Å². The highest BCUT2D eigenvalue weighted by Crippen LogP contribution is 2.55. The van der Waals surface area contributed by atoms with E-state index in [1.807, 2.05) is 6.07 Å². The first-order valence-corrected chi connectivity index (χ1v) is 9.95. The van der Waals surface area contributed by atoms with Crippen molar-refractivity contribution in [3.63, 3.8) is 0 Å². The Hall–Kier alpha value is -1.48. The molecule has 1 aromatic carbocycles. The van der Waals surface area contributed by atoms with E-state index in [9.17, 15) is 5.11 Å². The molecule has 2 unspecified atom stereocenters. The molecule has 26 heavy (non-hydrogen) atoms. The van der Waals surface area contributed by atoms with Crippen molar-refractivity contribution in [2.24, 2.45) is 5.92 Å². The predicted octanol–water partition coefficient (Wildman–Crippen LogP) is 6.00. The van der Waals surface area contributed by atoms with Crippen LogP contribution in [0.2, 0.25) is 0 Å². The molecule has 3 heteroatoms. The average Bonchev–Trinajstić information content (AvgIpc) is 2.54. The average molecular weight is 361 g/mol. The number of unbranched alkanes of at least 4 members (excludes halogenated alkanes) is 2. The zero-order chi connectivity index (χ0) is 19.3. The molecule has 0 saturated heterocycles. The molecule has 0 radical (unpaired) electrons. The van der Waals surface area contributed by atoms with Crippen molar-refractivity contribution in [3.05, 3.63) is 35.4 Å². The minimum absolute atomic E-state index is 0.174. The third-order valence-corrected chi connectivity index (χ3v) is 5.69. The number of ether oxygens (including phenoxy) is 2. The summed E-state index contributed by atoms with van der Waals surface area (Å²) in [5.74, 6) is 2.13. The summed E-state index contributed by atoms with van der Waals surface area (Å²) in [4.78, 5) is 0. The number of aromatic hydroxyl groups is 1. The summed E-state index contributed by atoms with van der Waals surface area (Å²) in [6, 6.07) is 4.13. The van der Waals surface area contributed by atoms with Gasteiger partial charge in [0.25, 0.3) is 0 Å². The number of fused-ring (bicyclic) bond motifs is 3. The molecule has 1 aliphatic heterocycles. The molecular weight excluding hydrogens is 324 g/mol. The molecule has 1 heterocycles. The maximum atomic E-state index is 10.7. The van der Waals surface area contributed by atoms with Crippen molar-refractivity contribution in [2.45, 2.75) is 77.2 Å². The largest absolute Gasteiger partial charge is 0.508 e. The Morgan fingerprint density at radius 3 is 2.62 bits per heavy atom. The van der Waals surface area contributed by atoms with Crippen LogP contribution in [0.4, 0.5) is 0 Å². The maximum Gasteiger partial charge on any atom is 0.127 e. The normalized spacial score (nSPS) is 23.2. The highest BCUT2D eigenvalue weighted by Gasteiger charge is 2.46. The summed E-state index contributed by atoms with van der Waals surface area (Å²) in [7, 11) is 3.25. The van der Waals surface area contributed by atoms with Crippen LogP contribution in [0.3, 0.4) is 0 Å². The van der Waals surface area contributed by atoms with Gasteiger partial charge >= 0.3 is 0 Å². The van der Waals surface area contributed by atoms with Gasteiger partial charge in [-0.2, -0.15) is 0 Å². The third kappa shape index (κ3) is 4.62. The summed E-state index contributed by atoms with van der Waals surface area (Å²) < 4.78 is 10.6. The van der Waals surface area contributed by atoms with Gasteiger partial charge in [-0.3, -0.25) is 0 Å². The van der Waals surface area contributed by atoms with E-state index in [2.05, 4.69) is 38.2 Å². The molecule has 1 aliphatic carbocycles. The van der Waals surface area contributed by atoms with Gasteiger partial charge in [0.1, 0.15) is 17.1 Å². The van der Waals surface area contributed by atoms with Crippen LogP contribution in [0, 0.1) is 5.92 Å². The van der Waals surface area contributed by atoms with Crippen molar-refractivity contribution in [1.82, 2.24) is 0 Å². The van der Waals surface area contributed by atoms with Crippen LogP contribution < -0.4 is 4.74 Å². The van der Waals surface area contributed by atoms with Crippen LogP contribution in [0.5, 0.6) is 11.5 Å². The van der Waals surface area contributed by atoms with E-state index in [0.29, 0.717) is 17.6 Å². The van der Waals surface area contributed by atoms with Gasteiger partial charge < -0.3 is 14.6 Å². The van der Waals surface area contributed by atoms with Crippen LogP contribution in [-0.2, 0) is 11.2 Å². The van der Waals surface area contributed by atoms with Gasteiger partial charge in [0.15, 0.2) is 0 Å². The van der Waals surface area contributed by atoms with Gasteiger partial charge in [-0.25, -0.2) is 0 Å². The van der Waals surface area contributed by atoms with Crippen LogP contribution >= 0.6 is 0 Å². The first-order chi connectivity index (χ1) is 12.3. The van der Waals surface area contributed by atoms with E-state index in [-0.39, 0.29) is 5.60 Å². The lowest BCUT2D eigenvalue weighted by molar-refractivity contribution is -0.000851. The molecule has 2 atom stereocenters. The molecule has 1 N–H and O–H groups in total. The Morgan fingerprint density at radius 2 is 1.96 bits per heavy atom. The van der Waals surface area contributed by atoms with Crippen molar-refractivity contribution in [3.8, 4) is 11.5 Å². The Bertz CT molecular complexity index is 618. The van der Waals surface area contributed by atoms with Gasteiger partial charge in [0.05, 0.1) is 0 Å². The topological polar surface area (TPSA) is 38.7 Å². The molecule has 0 amide bonds. The Morgan fingerprint density at radius 1 is 1.27 bits per heavy atom. The molecule has 2 aliphatic rings. The molecule has 1 saturated carbocycles. The van der Waals surface area contributed by atoms with Gasteiger partial charge in [-0.1, -0.05) is 31.9 Å². The lowest BCUT2D eigenvalue weighted by Crippen LogP contribution is -2.46. The molecule has 3 rings (SSSR count). The quantitative estimate of drug-likeness (QED) is 0.529. The van der Waals surface area contributed by atoms with E-state index in [0.717, 1.165) is 37.0 Å². The summed E-state index contributed by atoms with van der Waals surface area (Å²) in [5, 5.41) is 10.7. The number of benzene rings is 1. The molecule has 0 aromatic heterocycles. The predicted molar refractivity (Wildman–Crippen MR) is 108 cm³/mol. The van der Waals surface area contributed by atoms with Crippen LogP contribution in [0.1, 0.15) is 76.3 Å². The Labute approximate surface area is 159 Å². The summed E-state index contributed by atoms with van der Waals surface area (Å²) in [5.41, 5.74) is 3.35. The van der Waals surface area contributed by atoms with Crippen LogP contribution in [-0.4, -0.2) is 24.9 Å². The fraction of sp³-hybridized carbons (Fsp3) is 0.652. The second-order valence-electron chi connectivity index (χ2n) is 8.30. The molecular formula is C23H36O3. The Balaban J connectivity index is 0.000000758. The highest BCUT2D eigenvalue weighted by atomic mass is 16.5. The molecule has 3 nitrogen and oxygen atoms in total. The molecule has 1 fully saturated rings. The van der Waals surface area contributed by atoms with Crippen molar-refractivity contribution >= 4 is 0 Å². The number of hydrogen-bond acceptors (Lipinski definition) is 3. The minimum atomic E-state index is -0.174. The standard InChI is InChI=1S/C21H30O2.C2H6O/c1-5-6-7-8-15-12-18(22)20-16-11-14(2)9-10-17(16)21(3,4)23-19(20)13-15;1-3-2/h12-13,16-17,22H,2,5-11H2,1,3-4H3;1-2H3. The lowest BCUT2D eigenvalue weighted by atomic mass is 9.65. The number of hydrogen-bond donors (Lipinski definition) is 1. The second-order valence-corrected chi connectivity index (χ2v) is 8.30. The fourth-order valence-corrected chi connectivity index (χ4v) is 4.46. The SMILES string of the molecule is C=C1CCC2C(C1)c1c(O)cc(CCCCC)cc1OC2(C)C.COC. The molecule has 1 aromatic rings. The lowest BCUT2D eigenvalue weighted by Gasteiger charge is -2.48. The van der Waals surface area contributed by atoms with Gasteiger partial charge in [-0.05, 0) is 63.6 Å². The highest BCUT2D eigenvalue weighted by molar-refractivity contribution is 5.52. The number of rotatable bonds is 4. The van der Waals surface area contributed by atoms with Crippen LogP contribution in [0.25, 0.3) is 0 Å². The monoisotopic (exact) mass is 360 g/mol. The van der Waals surface area contributed by atoms with Crippen LogP contribution in [0.15, 0.2) is 24.3 Å². The number of allylic oxidation sites excluding steroid dienone is 1. The smallest absolute Gasteiger partial charge is 0.127 e. The first-order valence-electron chi connectivity index (χ1n) is 9.95. The van der Waals surface area contributed by atoms with Crippen molar-refractivity contribution < 1.29 is 14.6 Å². The fourth-order valence-electron chi connectivity index (χ4n) is 4.46. The molecule has 146 valence electrons. The van der Waals surface area contributed by atoms with E-state index in [1.165, 1.54) is 30.4 Å². The summed E-state index contributed by atoms with van der Waals surface area (Å²) >= 11 is 0. The Kier molecular flexibility index (Phi) is 7.16. The number of methoxy groups -OCH3 is 1. The van der Waals surface area contributed by atoms with E-state index in [1.54, 1.807) is 14.2 Å². The third-order valence-electron chi connectivity index (χ3n) is 5.69. The minimum Gasteiger partial charge on any atom is -0.508 e. The maximum absolute atomic E-state index is 10.7. The first kappa shape index (κ1) is 20.8. The van der Waals surface area contributed by atoms with E-state index < -0.39 is 0 Å². The number of phenolic OH excluding ortho intramolecular Hbond substituents is 1. The molecule has 0 bridgehead atoms. The summed E-state index contributed by atoms with van der Waals surface area (Å²) in [6.45, 7) is 10.8. The van der Waals surface area contributed by atoms with Gasteiger partial charge in [0, 0.05) is 31.6 Å². The second kappa shape index (κ2) is 8.94. The zero-order valence-electron chi connectivity index (χ0n) is 17.2. The number of phenols is 1. The van der Waals surface area contributed by atoms with E-state index in [4.69, 9.17) is 4.74 Å². The molecule has 0 spiro atoms. The van der Waals surface area contributed by atoms with Crippen molar-refractivity contribution in [1.29, 1.82) is 0 Å². The van der Waals surface area contributed by atoms with E-state index >= 15 is 0 Å².